The number of benzene rings is 1. The number of halogens is 2. The molecule has 128 valence electrons. The molecule has 0 aromatic heterocycles. The van der Waals surface area contributed by atoms with E-state index in [-0.39, 0.29) is 34.0 Å². The minimum Gasteiger partial charge on any atom is -0.507 e. The Kier molecular flexibility index (Phi) is 5.16. The van der Waals surface area contributed by atoms with Crippen LogP contribution in [0.2, 0.25) is 10.0 Å². The van der Waals surface area contributed by atoms with Crippen LogP contribution in [0.3, 0.4) is 0 Å². The van der Waals surface area contributed by atoms with Crippen molar-refractivity contribution < 1.29 is 19.7 Å². The first-order valence-electron chi connectivity index (χ1n) is 7.42. The van der Waals surface area contributed by atoms with Gasteiger partial charge in [0, 0.05) is 30.0 Å². The predicted octanol–water partition coefficient (Wildman–Crippen LogP) is 2.99. The minimum atomic E-state index is -1.07. The van der Waals surface area contributed by atoms with Gasteiger partial charge in [-0.25, -0.2) is 0 Å². The Morgan fingerprint density at radius 1 is 1.43 bits per heavy atom. The average molecular weight is 362 g/mol. The van der Waals surface area contributed by atoms with E-state index in [1.807, 2.05) is 20.8 Å². The third-order valence-corrected chi connectivity index (χ3v) is 5.21. The van der Waals surface area contributed by atoms with Gasteiger partial charge in [0.1, 0.15) is 5.75 Å². The number of carbonyl (C=O) groups is 1. The Balaban J connectivity index is 2.06. The highest BCUT2D eigenvalue weighted by Crippen LogP contribution is 2.51. The van der Waals surface area contributed by atoms with Crippen molar-refractivity contribution in [3.8, 4) is 5.75 Å². The van der Waals surface area contributed by atoms with Gasteiger partial charge in [-0.2, -0.15) is 0 Å². The van der Waals surface area contributed by atoms with Crippen LogP contribution in [0.1, 0.15) is 37.6 Å². The number of aromatic hydroxyl groups is 1. The molecule has 1 fully saturated rings. The summed E-state index contributed by atoms with van der Waals surface area (Å²) in [6.45, 7) is 6.32. The largest absolute Gasteiger partial charge is 0.507 e. The maximum atomic E-state index is 12.3. The summed E-state index contributed by atoms with van der Waals surface area (Å²) in [7, 11) is 0. The number of hydrogen-bond acceptors (Lipinski definition) is 4. The van der Waals surface area contributed by atoms with Crippen LogP contribution in [0.15, 0.2) is 12.1 Å². The van der Waals surface area contributed by atoms with Crippen molar-refractivity contribution in [2.45, 2.75) is 38.9 Å². The van der Waals surface area contributed by atoms with E-state index < -0.39 is 16.9 Å². The Labute approximate surface area is 145 Å². The van der Waals surface area contributed by atoms with Crippen LogP contribution in [0.5, 0.6) is 5.75 Å². The SMILES string of the molecule is CCOC1CC(O)(CNC(=O)c2c(O)cc(Cl)cc2Cl)C1(C)C. The monoisotopic (exact) mass is 361 g/mol. The summed E-state index contributed by atoms with van der Waals surface area (Å²) in [5.41, 5.74) is -1.61. The molecule has 0 heterocycles. The second kappa shape index (κ2) is 6.48. The summed E-state index contributed by atoms with van der Waals surface area (Å²) in [5.74, 6) is -0.861. The van der Waals surface area contributed by atoms with E-state index in [9.17, 15) is 15.0 Å². The molecule has 0 aliphatic heterocycles. The lowest BCUT2D eigenvalue weighted by atomic mass is 9.56. The van der Waals surface area contributed by atoms with Crippen LogP contribution in [0, 0.1) is 5.41 Å². The fourth-order valence-electron chi connectivity index (χ4n) is 2.86. The maximum absolute atomic E-state index is 12.3. The molecule has 7 heteroatoms. The highest BCUT2D eigenvalue weighted by Gasteiger charge is 2.59. The smallest absolute Gasteiger partial charge is 0.256 e. The summed E-state index contributed by atoms with van der Waals surface area (Å²) < 4.78 is 5.58. The van der Waals surface area contributed by atoms with Crippen molar-refractivity contribution in [2.75, 3.05) is 13.2 Å². The van der Waals surface area contributed by atoms with Gasteiger partial charge in [0.05, 0.1) is 22.3 Å². The van der Waals surface area contributed by atoms with Crippen molar-refractivity contribution in [2.24, 2.45) is 5.41 Å². The molecule has 1 aromatic rings. The van der Waals surface area contributed by atoms with Crippen LogP contribution in [-0.2, 0) is 4.74 Å². The third-order valence-electron chi connectivity index (χ3n) is 4.70. The highest BCUT2D eigenvalue weighted by atomic mass is 35.5. The molecule has 1 aliphatic carbocycles. The van der Waals surface area contributed by atoms with Gasteiger partial charge in [-0.05, 0) is 19.1 Å². The van der Waals surface area contributed by atoms with Crippen molar-refractivity contribution in [3.05, 3.63) is 27.7 Å². The number of amides is 1. The van der Waals surface area contributed by atoms with Crippen LogP contribution in [0.25, 0.3) is 0 Å². The number of rotatable bonds is 5. The molecular formula is C16H21Cl2NO4. The quantitative estimate of drug-likeness (QED) is 0.753. The lowest BCUT2D eigenvalue weighted by Gasteiger charge is -2.57. The van der Waals surface area contributed by atoms with E-state index in [0.29, 0.717) is 13.0 Å². The zero-order chi connectivity index (χ0) is 17.4. The maximum Gasteiger partial charge on any atom is 0.256 e. The minimum absolute atomic E-state index is 0.0425. The van der Waals surface area contributed by atoms with Crippen molar-refractivity contribution >= 4 is 29.1 Å². The van der Waals surface area contributed by atoms with Crippen molar-refractivity contribution in [3.63, 3.8) is 0 Å². The van der Waals surface area contributed by atoms with E-state index in [0.717, 1.165) is 0 Å². The molecule has 0 spiro atoms. The van der Waals surface area contributed by atoms with Crippen LogP contribution < -0.4 is 5.32 Å². The van der Waals surface area contributed by atoms with E-state index in [1.54, 1.807) is 0 Å². The molecule has 23 heavy (non-hydrogen) atoms. The molecule has 0 bridgehead atoms. The molecule has 5 nitrogen and oxygen atoms in total. The molecule has 1 amide bonds. The third kappa shape index (κ3) is 3.29. The number of hydrogen-bond donors (Lipinski definition) is 3. The van der Waals surface area contributed by atoms with Crippen LogP contribution >= 0.6 is 23.2 Å². The standard InChI is InChI=1S/C16H21Cl2NO4/c1-4-23-12-7-16(22,15(12,2)3)8-19-14(21)13-10(18)5-9(17)6-11(13)20/h5-6,12,20,22H,4,7-8H2,1-3H3,(H,19,21). The summed E-state index contributed by atoms with van der Waals surface area (Å²) >= 11 is 11.7. The molecule has 0 radical (unpaired) electrons. The van der Waals surface area contributed by atoms with E-state index >= 15 is 0 Å². The number of phenols is 1. The normalized spacial score (nSPS) is 25.7. The van der Waals surface area contributed by atoms with Crippen LogP contribution in [-0.4, -0.2) is 41.0 Å². The van der Waals surface area contributed by atoms with Gasteiger partial charge < -0.3 is 20.3 Å². The van der Waals surface area contributed by atoms with Gasteiger partial charge in [0.25, 0.3) is 5.91 Å². The average Bonchev–Trinajstić information content (AvgIpc) is 2.43. The lowest BCUT2D eigenvalue weighted by molar-refractivity contribution is -0.237. The molecule has 1 aromatic carbocycles. The first-order chi connectivity index (χ1) is 10.6. The highest BCUT2D eigenvalue weighted by molar-refractivity contribution is 6.37. The van der Waals surface area contributed by atoms with Gasteiger partial charge in [0.15, 0.2) is 0 Å². The Hall–Kier alpha value is -1.01. The molecule has 1 aliphatic rings. The molecule has 2 atom stereocenters. The van der Waals surface area contributed by atoms with E-state index in [2.05, 4.69) is 5.32 Å². The van der Waals surface area contributed by atoms with Gasteiger partial charge >= 0.3 is 0 Å². The van der Waals surface area contributed by atoms with E-state index in [1.165, 1.54) is 12.1 Å². The van der Waals surface area contributed by atoms with Gasteiger partial charge in [-0.15, -0.1) is 0 Å². The fraction of sp³-hybridized carbons (Fsp3) is 0.562. The van der Waals surface area contributed by atoms with Gasteiger partial charge in [-0.3, -0.25) is 4.79 Å². The predicted molar refractivity (Wildman–Crippen MR) is 89.2 cm³/mol. The number of carbonyl (C=O) groups excluding carboxylic acids is 1. The van der Waals surface area contributed by atoms with Crippen molar-refractivity contribution in [1.29, 1.82) is 0 Å². The van der Waals surface area contributed by atoms with E-state index in [4.69, 9.17) is 27.9 Å². The first kappa shape index (κ1) is 18.3. The number of nitrogens with one attached hydrogen (secondary N) is 1. The zero-order valence-corrected chi connectivity index (χ0v) is 14.8. The first-order valence-corrected chi connectivity index (χ1v) is 8.18. The Morgan fingerprint density at radius 3 is 2.61 bits per heavy atom. The second-order valence-electron chi connectivity index (χ2n) is 6.37. The van der Waals surface area contributed by atoms with Gasteiger partial charge in [0.2, 0.25) is 0 Å². The summed E-state index contributed by atoms with van der Waals surface area (Å²) in [4.78, 5) is 12.3. The summed E-state index contributed by atoms with van der Waals surface area (Å²) in [6.07, 6.45) is 0.385. The number of ether oxygens (including phenoxy) is 1. The molecule has 3 N–H and O–H groups in total. The summed E-state index contributed by atoms with van der Waals surface area (Å²) in [6, 6.07) is 2.63. The number of phenolic OH excluding ortho intramolecular Hbond substituents is 1. The zero-order valence-electron chi connectivity index (χ0n) is 13.3. The summed E-state index contributed by atoms with van der Waals surface area (Å²) in [5, 5.41) is 23.5. The fourth-order valence-corrected chi connectivity index (χ4v) is 3.43. The molecule has 1 saturated carbocycles. The van der Waals surface area contributed by atoms with Gasteiger partial charge in [-0.1, -0.05) is 37.0 Å². The molecule has 2 unspecified atom stereocenters. The second-order valence-corrected chi connectivity index (χ2v) is 7.21. The topological polar surface area (TPSA) is 78.8 Å². The molecular weight excluding hydrogens is 341 g/mol. The lowest BCUT2D eigenvalue weighted by Crippen LogP contribution is -2.68. The number of aliphatic hydroxyl groups is 1. The molecule has 2 rings (SSSR count). The van der Waals surface area contributed by atoms with Crippen molar-refractivity contribution in [1.82, 2.24) is 5.32 Å². The molecule has 0 saturated heterocycles. The van der Waals surface area contributed by atoms with Crippen LogP contribution in [0.4, 0.5) is 0 Å². The Bertz CT molecular complexity index is 597. The Morgan fingerprint density at radius 2 is 2.09 bits per heavy atom.